The van der Waals surface area contributed by atoms with E-state index < -0.39 is 0 Å². The lowest BCUT2D eigenvalue weighted by Crippen LogP contribution is -2.18. The molecule has 0 saturated carbocycles. The van der Waals surface area contributed by atoms with Crippen molar-refractivity contribution in [3.63, 3.8) is 0 Å². The van der Waals surface area contributed by atoms with Crippen molar-refractivity contribution in [2.75, 3.05) is 18.4 Å². The molecule has 3 rings (SSSR count). The zero-order valence-electron chi connectivity index (χ0n) is 13.6. The van der Waals surface area contributed by atoms with E-state index in [1.54, 1.807) is 6.07 Å². The Bertz CT molecular complexity index is 687. The highest BCUT2D eigenvalue weighted by Gasteiger charge is 2.11. The van der Waals surface area contributed by atoms with Crippen LogP contribution in [0.4, 0.5) is 11.6 Å². The van der Waals surface area contributed by atoms with Gasteiger partial charge in [0.2, 0.25) is 5.95 Å². The van der Waals surface area contributed by atoms with Crippen molar-refractivity contribution in [1.82, 2.24) is 14.9 Å². The summed E-state index contributed by atoms with van der Waals surface area (Å²) in [4.78, 5) is 21.4. The number of nitrogens with zero attached hydrogens (tertiary/aromatic N) is 2. The molecule has 0 aliphatic carbocycles. The topological polar surface area (TPSA) is 61.0 Å². The SMILES string of the molecule is CCCc1cc(=O)[nH]c(Nc2ccc(CN3CCCC3)cc2)n1. The molecular formula is C18H24N4O. The van der Waals surface area contributed by atoms with E-state index in [0.717, 1.165) is 30.8 Å². The number of hydrogen-bond donors (Lipinski definition) is 2. The third kappa shape index (κ3) is 4.42. The minimum Gasteiger partial charge on any atom is -0.326 e. The monoisotopic (exact) mass is 312 g/mol. The van der Waals surface area contributed by atoms with E-state index in [4.69, 9.17) is 0 Å². The fourth-order valence-electron chi connectivity index (χ4n) is 2.98. The summed E-state index contributed by atoms with van der Waals surface area (Å²) in [6.45, 7) is 5.50. The van der Waals surface area contributed by atoms with Gasteiger partial charge >= 0.3 is 0 Å². The number of rotatable bonds is 6. The highest BCUT2D eigenvalue weighted by Crippen LogP contribution is 2.17. The molecule has 0 amide bonds. The predicted molar refractivity (Wildman–Crippen MR) is 93.1 cm³/mol. The molecule has 2 N–H and O–H groups in total. The van der Waals surface area contributed by atoms with Crippen LogP contribution in [0, 0.1) is 0 Å². The average Bonchev–Trinajstić information content (AvgIpc) is 3.02. The van der Waals surface area contributed by atoms with Gasteiger partial charge in [0.05, 0.1) is 0 Å². The number of aromatic nitrogens is 2. The Labute approximate surface area is 136 Å². The maximum atomic E-state index is 11.7. The molecule has 0 atom stereocenters. The molecule has 1 aromatic carbocycles. The minimum absolute atomic E-state index is 0.114. The molecule has 0 unspecified atom stereocenters. The summed E-state index contributed by atoms with van der Waals surface area (Å²) in [6, 6.07) is 9.91. The quantitative estimate of drug-likeness (QED) is 0.860. The van der Waals surface area contributed by atoms with Gasteiger partial charge in [0.25, 0.3) is 5.56 Å². The molecule has 23 heavy (non-hydrogen) atoms. The summed E-state index contributed by atoms with van der Waals surface area (Å²) in [7, 11) is 0. The Morgan fingerprint density at radius 1 is 1.22 bits per heavy atom. The molecule has 5 heteroatoms. The molecule has 1 aliphatic rings. The Kier molecular flexibility index (Phi) is 5.08. The number of H-pyrrole nitrogens is 1. The average molecular weight is 312 g/mol. The Morgan fingerprint density at radius 2 is 1.96 bits per heavy atom. The second-order valence-corrected chi connectivity index (χ2v) is 6.14. The van der Waals surface area contributed by atoms with Crippen LogP contribution in [0.2, 0.25) is 0 Å². The number of likely N-dealkylation sites (tertiary alicyclic amines) is 1. The summed E-state index contributed by atoms with van der Waals surface area (Å²) in [6.07, 6.45) is 4.41. The molecule has 0 spiro atoms. The van der Waals surface area contributed by atoms with Crippen LogP contribution >= 0.6 is 0 Å². The van der Waals surface area contributed by atoms with E-state index >= 15 is 0 Å². The summed E-state index contributed by atoms with van der Waals surface area (Å²) in [5, 5.41) is 3.18. The number of aryl methyl sites for hydroxylation is 1. The van der Waals surface area contributed by atoms with Gasteiger partial charge < -0.3 is 5.32 Å². The second kappa shape index (κ2) is 7.42. The summed E-state index contributed by atoms with van der Waals surface area (Å²) < 4.78 is 0. The van der Waals surface area contributed by atoms with Crippen LogP contribution in [0.15, 0.2) is 35.1 Å². The fourth-order valence-corrected chi connectivity index (χ4v) is 2.98. The van der Waals surface area contributed by atoms with Gasteiger partial charge in [-0.2, -0.15) is 0 Å². The van der Waals surface area contributed by atoms with E-state index in [-0.39, 0.29) is 5.56 Å². The summed E-state index contributed by atoms with van der Waals surface area (Å²) >= 11 is 0. The second-order valence-electron chi connectivity index (χ2n) is 6.14. The van der Waals surface area contributed by atoms with Crippen molar-refractivity contribution in [3.05, 3.63) is 51.9 Å². The molecule has 0 radical (unpaired) electrons. The Hall–Kier alpha value is -2.14. The van der Waals surface area contributed by atoms with Gasteiger partial charge in [0.1, 0.15) is 0 Å². The highest BCUT2D eigenvalue weighted by molar-refractivity contribution is 5.53. The van der Waals surface area contributed by atoms with E-state index in [2.05, 4.69) is 39.2 Å². The van der Waals surface area contributed by atoms with Crippen LogP contribution in [-0.4, -0.2) is 28.0 Å². The van der Waals surface area contributed by atoms with E-state index in [0.29, 0.717) is 5.95 Å². The Morgan fingerprint density at radius 3 is 2.65 bits per heavy atom. The molecule has 2 heterocycles. The van der Waals surface area contributed by atoms with E-state index in [1.807, 2.05) is 12.1 Å². The van der Waals surface area contributed by atoms with Crippen LogP contribution in [-0.2, 0) is 13.0 Å². The van der Waals surface area contributed by atoms with Gasteiger partial charge in [-0.1, -0.05) is 25.5 Å². The zero-order chi connectivity index (χ0) is 16.1. The van der Waals surface area contributed by atoms with Crippen molar-refractivity contribution < 1.29 is 0 Å². The number of anilines is 2. The van der Waals surface area contributed by atoms with E-state index in [9.17, 15) is 4.79 Å². The maximum Gasteiger partial charge on any atom is 0.252 e. The smallest absolute Gasteiger partial charge is 0.252 e. The molecule has 1 fully saturated rings. The lowest BCUT2D eigenvalue weighted by atomic mass is 10.2. The van der Waals surface area contributed by atoms with Crippen LogP contribution in [0.3, 0.4) is 0 Å². The van der Waals surface area contributed by atoms with Crippen molar-refractivity contribution in [3.8, 4) is 0 Å². The minimum atomic E-state index is -0.114. The maximum absolute atomic E-state index is 11.7. The zero-order valence-corrected chi connectivity index (χ0v) is 13.6. The number of benzene rings is 1. The largest absolute Gasteiger partial charge is 0.326 e. The van der Waals surface area contributed by atoms with Crippen molar-refractivity contribution in [2.24, 2.45) is 0 Å². The van der Waals surface area contributed by atoms with Gasteiger partial charge in [0, 0.05) is 24.0 Å². The van der Waals surface area contributed by atoms with Gasteiger partial charge in [-0.3, -0.25) is 14.7 Å². The normalized spacial score (nSPS) is 15.0. The van der Waals surface area contributed by atoms with Gasteiger partial charge in [-0.25, -0.2) is 4.98 Å². The Balaban J connectivity index is 1.66. The lowest BCUT2D eigenvalue weighted by molar-refractivity contribution is 0.331. The van der Waals surface area contributed by atoms with Crippen molar-refractivity contribution in [1.29, 1.82) is 0 Å². The van der Waals surface area contributed by atoms with Crippen LogP contribution in [0.5, 0.6) is 0 Å². The molecule has 1 aromatic heterocycles. The first-order chi connectivity index (χ1) is 11.2. The van der Waals surface area contributed by atoms with Gasteiger partial charge in [-0.05, 0) is 50.0 Å². The third-order valence-electron chi connectivity index (χ3n) is 4.12. The first-order valence-electron chi connectivity index (χ1n) is 8.41. The fraction of sp³-hybridized carbons (Fsp3) is 0.444. The number of aromatic amines is 1. The number of hydrogen-bond acceptors (Lipinski definition) is 4. The lowest BCUT2D eigenvalue weighted by Gasteiger charge is -2.15. The predicted octanol–water partition coefficient (Wildman–Crippen LogP) is 3.06. The standard InChI is InChI=1S/C18H24N4O/c1-2-5-16-12-17(23)21-18(20-16)19-15-8-6-14(7-9-15)13-22-10-3-4-11-22/h6-9,12H,2-5,10-11,13H2,1H3,(H2,19,20,21,23). The van der Waals surface area contributed by atoms with Gasteiger partial charge in [0.15, 0.2) is 0 Å². The molecule has 122 valence electrons. The first kappa shape index (κ1) is 15.7. The molecule has 1 aliphatic heterocycles. The molecule has 0 bridgehead atoms. The van der Waals surface area contributed by atoms with E-state index in [1.165, 1.54) is 31.5 Å². The summed E-state index contributed by atoms with van der Waals surface area (Å²) in [5.74, 6) is 0.508. The first-order valence-corrected chi connectivity index (χ1v) is 8.41. The molecular weight excluding hydrogens is 288 g/mol. The summed E-state index contributed by atoms with van der Waals surface area (Å²) in [5.41, 5.74) is 2.96. The number of nitrogens with one attached hydrogen (secondary N) is 2. The van der Waals surface area contributed by atoms with Crippen LogP contribution in [0.1, 0.15) is 37.4 Å². The highest BCUT2D eigenvalue weighted by atomic mass is 16.1. The van der Waals surface area contributed by atoms with Gasteiger partial charge in [-0.15, -0.1) is 0 Å². The van der Waals surface area contributed by atoms with Crippen molar-refractivity contribution in [2.45, 2.75) is 39.2 Å². The third-order valence-corrected chi connectivity index (χ3v) is 4.12. The molecule has 1 saturated heterocycles. The molecule has 5 nitrogen and oxygen atoms in total. The van der Waals surface area contributed by atoms with Crippen molar-refractivity contribution >= 4 is 11.6 Å². The molecule has 2 aromatic rings. The van der Waals surface area contributed by atoms with Crippen LogP contribution < -0.4 is 10.9 Å². The van der Waals surface area contributed by atoms with Crippen LogP contribution in [0.25, 0.3) is 0 Å².